The topological polar surface area (TPSA) is 47.0 Å². The van der Waals surface area contributed by atoms with Crippen LogP contribution < -0.4 is 10.1 Å². The van der Waals surface area contributed by atoms with Gasteiger partial charge in [0.1, 0.15) is 5.75 Å². The maximum atomic E-state index is 6.10. The van der Waals surface area contributed by atoms with Crippen LogP contribution >= 0.6 is 11.6 Å². The van der Waals surface area contributed by atoms with Gasteiger partial charge in [0.05, 0.1) is 12.8 Å². The highest BCUT2D eigenvalue weighted by Crippen LogP contribution is 2.31. The molecule has 0 amide bonds. The lowest BCUT2D eigenvalue weighted by molar-refractivity contribution is 0.416. The van der Waals surface area contributed by atoms with Gasteiger partial charge in [-0.1, -0.05) is 37.8 Å². The highest BCUT2D eigenvalue weighted by molar-refractivity contribution is 6.30. The molecule has 0 aliphatic rings. The molecular formula is C18H24ClN3O. The fraction of sp³-hybridized carbons (Fsp3) is 0.444. The third-order valence-corrected chi connectivity index (χ3v) is 3.94. The zero-order valence-corrected chi connectivity index (χ0v) is 14.7. The summed E-state index contributed by atoms with van der Waals surface area (Å²) in [6.45, 7) is 4.37. The number of benzene rings is 1. The Bertz CT molecular complexity index is 633. The van der Waals surface area contributed by atoms with Crippen LogP contribution in [0.2, 0.25) is 5.02 Å². The van der Waals surface area contributed by atoms with Crippen LogP contribution in [0.5, 0.6) is 5.75 Å². The van der Waals surface area contributed by atoms with Crippen LogP contribution in [0.1, 0.15) is 39.5 Å². The molecule has 124 valence electrons. The minimum Gasteiger partial charge on any atom is -0.496 e. The van der Waals surface area contributed by atoms with Crippen molar-refractivity contribution in [3.8, 4) is 17.0 Å². The molecule has 1 aromatic heterocycles. The second kappa shape index (κ2) is 8.73. The number of rotatable bonds is 8. The quantitative estimate of drug-likeness (QED) is 0.675. The number of ether oxygens (including phenoxy) is 1. The number of anilines is 1. The summed E-state index contributed by atoms with van der Waals surface area (Å²) in [5.74, 6) is 1.38. The molecular weight excluding hydrogens is 310 g/mol. The molecule has 0 fully saturated rings. The van der Waals surface area contributed by atoms with Crippen LogP contribution in [0, 0.1) is 0 Å². The Kier molecular flexibility index (Phi) is 6.66. The van der Waals surface area contributed by atoms with E-state index in [1.165, 1.54) is 19.3 Å². The second-order valence-corrected chi connectivity index (χ2v) is 6.09. The van der Waals surface area contributed by atoms with Crippen molar-refractivity contribution >= 4 is 17.5 Å². The molecule has 0 radical (unpaired) electrons. The molecule has 23 heavy (non-hydrogen) atoms. The second-order valence-electron chi connectivity index (χ2n) is 5.65. The van der Waals surface area contributed by atoms with Gasteiger partial charge in [-0.3, -0.25) is 0 Å². The first-order chi connectivity index (χ1) is 11.1. The summed E-state index contributed by atoms with van der Waals surface area (Å²) < 4.78 is 5.40. The standard InChI is InChI=1S/C18H24ClN3O/c1-4-5-6-7-13(2)21-18-20-11-10-16(22-18)15-12-14(19)8-9-17(15)23-3/h8-13H,4-7H2,1-3H3,(H,20,21,22). The lowest BCUT2D eigenvalue weighted by Gasteiger charge is -2.14. The molecule has 0 spiro atoms. The van der Waals surface area contributed by atoms with Crippen molar-refractivity contribution in [1.82, 2.24) is 9.97 Å². The van der Waals surface area contributed by atoms with Crippen molar-refractivity contribution < 1.29 is 4.74 Å². The average Bonchev–Trinajstić information content (AvgIpc) is 2.55. The normalized spacial score (nSPS) is 12.0. The number of halogens is 1. The number of nitrogens with zero attached hydrogens (tertiary/aromatic N) is 2. The summed E-state index contributed by atoms with van der Waals surface area (Å²) >= 11 is 6.10. The lowest BCUT2D eigenvalue weighted by atomic mass is 10.1. The highest BCUT2D eigenvalue weighted by atomic mass is 35.5. The van der Waals surface area contributed by atoms with Crippen molar-refractivity contribution in [1.29, 1.82) is 0 Å². The number of hydrogen-bond donors (Lipinski definition) is 1. The first-order valence-corrected chi connectivity index (χ1v) is 8.45. The van der Waals surface area contributed by atoms with Crippen LogP contribution in [-0.4, -0.2) is 23.1 Å². The molecule has 0 aliphatic heterocycles. The van der Waals surface area contributed by atoms with E-state index in [0.717, 1.165) is 23.4 Å². The fourth-order valence-electron chi connectivity index (χ4n) is 2.45. The number of nitrogens with one attached hydrogen (secondary N) is 1. The number of unbranched alkanes of at least 4 members (excludes halogenated alkanes) is 2. The maximum absolute atomic E-state index is 6.10. The molecule has 0 saturated heterocycles. The van der Waals surface area contributed by atoms with Crippen molar-refractivity contribution in [2.45, 2.75) is 45.6 Å². The van der Waals surface area contributed by atoms with E-state index in [-0.39, 0.29) is 0 Å². The van der Waals surface area contributed by atoms with Gasteiger partial charge in [0, 0.05) is 22.8 Å². The van der Waals surface area contributed by atoms with E-state index in [9.17, 15) is 0 Å². The van der Waals surface area contributed by atoms with E-state index in [4.69, 9.17) is 16.3 Å². The van der Waals surface area contributed by atoms with E-state index in [0.29, 0.717) is 17.0 Å². The van der Waals surface area contributed by atoms with Gasteiger partial charge >= 0.3 is 0 Å². The third-order valence-electron chi connectivity index (χ3n) is 3.71. The Morgan fingerprint density at radius 3 is 2.83 bits per heavy atom. The Morgan fingerprint density at radius 2 is 2.09 bits per heavy atom. The third kappa shape index (κ3) is 5.10. The molecule has 1 aromatic carbocycles. The van der Waals surface area contributed by atoms with Gasteiger partial charge in [-0.2, -0.15) is 0 Å². The first kappa shape index (κ1) is 17.5. The molecule has 4 nitrogen and oxygen atoms in total. The molecule has 5 heteroatoms. The zero-order valence-electron chi connectivity index (χ0n) is 14.0. The summed E-state index contributed by atoms with van der Waals surface area (Å²) in [7, 11) is 1.64. The molecule has 2 rings (SSSR count). The molecule has 1 unspecified atom stereocenters. The summed E-state index contributed by atoms with van der Waals surface area (Å²) in [5.41, 5.74) is 1.66. The van der Waals surface area contributed by atoms with Gasteiger partial charge in [-0.25, -0.2) is 9.97 Å². The van der Waals surface area contributed by atoms with E-state index in [2.05, 4.69) is 29.1 Å². The Morgan fingerprint density at radius 1 is 1.26 bits per heavy atom. The Hall–Kier alpha value is -1.81. The molecule has 2 aromatic rings. The highest BCUT2D eigenvalue weighted by Gasteiger charge is 2.10. The van der Waals surface area contributed by atoms with Crippen molar-refractivity contribution in [3.05, 3.63) is 35.5 Å². The van der Waals surface area contributed by atoms with E-state index in [1.807, 2.05) is 18.2 Å². The Balaban J connectivity index is 2.15. The Labute approximate surface area is 143 Å². The number of hydrogen-bond acceptors (Lipinski definition) is 4. The van der Waals surface area contributed by atoms with Gasteiger partial charge in [-0.15, -0.1) is 0 Å². The molecule has 1 atom stereocenters. The smallest absolute Gasteiger partial charge is 0.223 e. The predicted molar refractivity (Wildman–Crippen MR) is 96.3 cm³/mol. The van der Waals surface area contributed by atoms with Crippen molar-refractivity contribution in [2.24, 2.45) is 0 Å². The summed E-state index contributed by atoms with van der Waals surface area (Å²) in [4.78, 5) is 8.92. The monoisotopic (exact) mass is 333 g/mol. The average molecular weight is 334 g/mol. The predicted octanol–water partition coefficient (Wildman–Crippen LogP) is 5.19. The van der Waals surface area contributed by atoms with E-state index in [1.54, 1.807) is 19.4 Å². The van der Waals surface area contributed by atoms with Crippen molar-refractivity contribution in [3.63, 3.8) is 0 Å². The van der Waals surface area contributed by atoms with Gasteiger partial charge in [0.25, 0.3) is 0 Å². The van der Waals surface area contributed by atoms with Crippen LogP contribution in [0.15, 0.2) is 30.5 Å². The van der Waals surface area contributed by atoms with Crippen LogP contribution in [-0.2, 0) is 0 Å². The van der Waals surface area contributed by atoms with Crippen molar-refractivity contribution in [2.75, 3.05) is 12.4 Å². The molecule has 1 heterocycles. The van der Waals surface area contributed by atoms with Gasteiger partial charge < -0.3 is 10.1 Å². The number of methoxy groups -OCH3 is 1. The SMILES string of the molecule is CCCCCC(C)Nc1nccc(-c2cc(Cl)ccc2OC)n1. The largest absolute Gasteiger partial charge is 0.496 e. The molecule has 0 aliphatic carbocycles. The molecule has 1 N–H and O–H groups in total. The molecule has 0 saturated carbocycles. The minimum absolute atomic E-state index is 0.345. The molecule has 0 bridgehead atoms. The maximum Gasteiger partial charge on any atom is 0.223 e. The zero-order chi connectivity index (χ0) is 16.7. The number of aromatic nitrogens is 2. The summed E-state index contributed by atoms with van der Waals surface area (Å²) in [6, 6.07) is 7.72. The summed E-state index contributed by atoms with van der Waals surface area (Å²) in [6.07, 6.45) is 6.57. The lowest BCUT2D eigenvalue weighted by Crippen LogP contribution is -2.17. The first-order valence-electron chi connectivity index (χ1n) is 8.07. The van der Waals surface area contributed by atoms with E-state index < -0.39 is 0 Å². The van der Waals surface area contributed by atoms with Crippen LogP contribution in [0.25, 0.3) is 11.3 Å². The van der Waals surface area contributed by atoms with Gasteiger partial charge in [0.2, 0.25) is 5.95 Å². The van der Waals surface area contributed by atoms with Gasteiger partial charge in [0.15, 0.2) is 0 Å². The minimum atomic E-state index is 0.345. The van der Waals surface area contributed by atoms with Gasteiger partial charge in [-0.05, 0) is 37.6 Å². The van der Waals surface area contributed by atoms with E-state index >= 15 is 0 Å². The summed E-state index contributed by atoms with van der Waals surface area (Å²) in [5, 5.41) is 4.02. The fourth-order valence-corrected chi connectivity index (χ4v) is 2.62. The van der Waals surface area contributed by atoms with Crippen LogP contribution in [0.4, 0.5) is 5.95 Å². The van der Waals surface area contributed by atoms with Crippen LogP contribution in [0.3, 0.4) is 0 Å².